The van der Waals surface area contributed by atoms with Crippen molar-refractivity contribution >= 4 is 11.4 Å². The monoisotopic (exact) mass is 220 g/mol. The van der Waals surface area contributed by atoms with Crippen LogP contribution in [0.4, 0.5) is 11.4 Å². The number of fused-ring (bicyclic) bond motifs is 1. The highest BCUT2D eigenvalue weighted by atomic mass is 16.6. The predicted octanol–water partition coefficient (Wildman–Crippen LogP) is 1.86. The SMILES string of the molecule is CC1CC1Nc1cc2c(cc1N)OCCO2. The van der Waals surface area contributed by atoms with Crippen molar-refractivity contribution in [3.8, 4) is 11.5 Å². The summed E-state index contributed by atoms with van der Waals surface area (Å²) in [6.45, 7) is 3.43. The van der Waals surface area contributed by atoms with Gasteiger partial charge in [0.1, 0.15) is 13.2 Å². The van der Waals surface area contributed by atoms with E-state index in [4.69, 9.17) is 15.2 Å². The highest BCUT2D eigenvalue weighted by Crippen LogP contribution is 2.40. The zero-order valence-electron chi connectivity index (χ0n) is 9.32. The molecule has 1 aromatic rings. The number of anilines is 2. The Hall–Kier alpha value is -1.58. The van der Waals surface area contributed by atoms with Crippen LogP contribution in [0.3, 0.4) is 0 Å². The first-order valence-electron chi connectivity index (χ1n) is 5.69. The molecule has 16 heavy (non-hydrogen) atoms. The minimum atomic E-state index is 0.560. The standard InChI is InChI=1S/C12H16N2O2/c1-7-4-9(7)14-10-6-12-11(5-8(10)13)15-2-3-16-12/h5-7,9,14H,2-4,13H2,1H3. The molecule has 4 nitrogen and oxygen atoms in total. The lowest BCUT2D eigenvalue weighted by Crippen LogP contribution is -2.16. The molecular formula is C12H16N2O2. The van der Waals surface area contributed by atoms with Crippen molar-refractivity contribution in [1.82, 2.24) is 0 Å². The lowest BCUT2D eigenvalue weighted by Gasteiger charge is -2.20. The van der Waals surface area contributed by atoms with Crippen LogP contribution in [0, 0.1) is 5.92 Å². The molecule has 1 heterocycles. The summed E-state index contributed by atoms with van der Waals surface area (Å²) in [6, 6.07) is 4.34. The lowest BCUT2D eigenvalue weighted by molar-refractivity contribution is 0.172. The summed E-state index contributed by atoms with van der Waals surface area (Å²) in [6.07, 6.45) is 1.22. The Bertz CT molecular complexity index is 420. The van der Waals surface area contributed by atoms with E-state index >= 15 is 0 Å². The first-order valence-corrected chi connectivity index (χ1v) is 5.69. The Morgan fingerprint density at radius 1 is 1.25 bits per heavy atom. The minimum absolute atomic E-state index is 0.560. The molecule has 86 valence electrons. The second kappa shape index (κ2) is 3.47. The quantitative estimate of drug-likeness (QED) is 0.747. The third-order valence-corrected chi connectivity index (χ3v) is 3.16. The first kappa shape index (κ1) is 9.63. The van der Waals surface area contributed by atoms with Crippen molar-refractivity contribution in [3.05, 3.63) is 12.1 Å². The third kappa shape index (κ3) is 1.64. The van der Waals surface area contributed by atoms with Crippen LogP contribution in [0.15, 0.2) is 12.1 Å². The third-order valence-electron chi connectivity index (χ3n) is 3.16. The maximum atomic E-state index is 5.97. The van der Waals surface area contributed by atoms with Gasteiger partial charge in [-0.25, -0.2) is 0 Å². The molecule has 2 atom stereocenters. The minimum Gasteiger partial charge on any atom is -0.486 e. The summed E-state index contributed by atoms with van der Waals surface area (Å²) in [7, 11) is 0. The summed E-state index contributed by atoms with van der Waals surface area (Å²) < 4.78 is 11.0. The molecule has 2 unspecified atom stereocenters. The molecule has 0 aromatic heterocycles. The number of nitrogens with two attached hydrogens (primary N) is 1. The average Bonchev–Trinajstić information content (AvgIpc) is 2.95. The second-order valence-corrected chi connectivity index (χ2v) is 4.55. The van der Waals surface area contributed by atoms with Gasteiger partial charge in [0.2, 0.25) is 0 Å². The van der Waals surface area contributed by atoms with Crippen molar-refractivity contribution in [3.63, 3.8) is 0 Å². The van der Waals surface area contributed by atoms with E-state index in [1.165, 1.54) is 6.42 Å². The van der Waals surface area contributed by atoms with Gasteiger partial charge in [-0.15, -0.1) is 0 Å². The molecule has 4 heteroatoms. The van der Waals surface area contributed by atoms with E-state index in [9.17, 15) is 0 Å². The Morgan fingerprint density at radius 3 is 2.50 bits per heavy atom. The van der Waals surface area contributed by atoms with E-state index in [1.54, 1.807) is 0 Å². The van der Waals surface area contributed by atoms with Gasteiger partial charge in [-0.1, -0.05) is 6.92 Å². The fraction of sp³-hybridized carbons (Fsp3) is 0.500. The van der Waals surface area contributed by atoms with E-state index in [1.807, 2.05) is 12.1 Å². The number of hydrogen-bond donors (Lipinski definition) is 2. The van der Waals surface area contributed by atoms with Crippen LogP contribution < -0.4 is 20.5 Å². The fourth-order valence-electron chi connectivity index (χ4n) is 1.95. The van der Waals surface area contributed by atoms with Gasteiger partial charge in [-0.2, -0.15) is 0 Å². The van der Waals surface area contributed by atoms with Gasteiger partial charge < -0.3 is 20.5 Å². The maximum absolute atomic E-state index is 5.97. The molecule has 1 saturated carbocycles. The molecule has 0 amide bonds. The Balaban J connectivity index is 1.86. The average molecular weight is 220 g/mol. The number of nitrogen functional groups attached to an aromatic ring is 1. The van der Waals surface area contributed by atoms with Gasteiger partial charge in [-0.3, -0.25) is 0 Å². The molecule has 0 saturated heterocycles. The molecule has 1 aliphatic heterocycles. The summed E-state index contributed by atoms with van der Waals surface area (Å²) >= 11 is 0. The molecule has 2 aliphatic rings. The number of nitrogens with one attached hydrogen (secondary N) is 1. The van der Waals surface area contributed by atoms with Crippen molar-refractivity contribution in [1.29, 1.82) is 0 Å². The Morgan fingerprint density at radius 2 is 1.88 bits per heavy atom. The van der Waals surface area contributed by atoms with Crippen LogP contribution in [0.25, 0.3) is 0 Å². The number of benzene rings is 1. The van der Waals surface area contributed by atoms with Crippen LogP contribution in [-0.4, -0.2) is 19.3 Å². The van der Waals surface area contributed by atoms with Gasteiger partial charge in [-0.05, 0) is 12.3 Å². The molecule has 1 fully saturated rings. The van der Waals surface area contributed by atoms with E-state index < -0.39 is 0 Å². The van der Waals surface area contributed by atoms with E-state index in [-0.39, 0.29) is 0 Å². The van der Waals surface area contributed by atoms with Crippen molar-refractivity contribution in [2.24, 2.45) is 5.92 Å². The highest BCUT2D eigenvalue weighted by molar-refractivity contribution is 5.72. The van der Waals surface area contributed by atoms with E-state index in [2.05, 4.69) is 12.2 Å². The normalized spacial score (nSPS) is 26.3. The topological polar surface area (TPSA) is 56.5 Å². The predicted molar refractivity (Wildman–Crippen MR) is 63.0 cm³/mol. The largest absolute Gasteiger partial charge is 0.486 e. The summed E-state index contributed by atoms with van der Waals surface area (Å²) in [5.41, 5.74) is 7.65. The van der Waals surface area contributed by atoms with Crippen LogP contribution in [0.5, 0.6) is 11.5 Å². The van der Waals surface area contributed by atoms with Crippen molar-refractivity contribution in [2.75, 3.05) is 24.3 Å². The smallest absolute Gasteiger partial charge is 0.163 e. The fourth-order valence-corrected chi connectivity index (χ4v) is 1.95. The molecule has 0 bridgehead atoms. The summed E-state index contributed by atoms with van der Waals surface area (Å²) in [5.74, 6) is 2.28. The van der Waals surface area contributed by atoms with Gasteiger partial charge in [0.25, 0.3) is 0 Å². The van der Waals surface area contributed by atoms with E-state index in [0.29, 0.717) is 19.3 Å². The zero-order chi connectivity index (χ0) is 11.1. The molecule has 3 N–H and O–H groups in total. The van der Waals surface area contributed by atoms with Crippen LogP contribution in [-0.2, 0) is 0 Å². The number of ether oxygens (including phenoxy) is 2. The second-order valence-electron chi connectivity index (χ2n) is 4.55. The lowest BCUT2D eigenvalue weighted by atomic mass is 10.2. The van der Waals surface area contributed by atoms with Crippen molar-refractivity contribution in [2.45, 2.75) is 19.4 Å². The highest BCUT2D eigenvalue weighted by Gasteiger charge is 2.33. The van der Waals surface area contributed by atoms with Crippen LogP contribution in [0.1, 0.15) is 13.3 Å². The van der Waals surface area contributed by atoms with Gasteiger partial charge >= 0.3 is 0 Å². The van der Waals surface area contributed by atoms with Crippen LogP contribution in [0.2, 0.25) is 0 Å². The molecule has 3 rings (SSSR count). The van der Waals surface area contributed by atoms with E-state index in [0.717, 1.165) is 28.8 Å². The van der Waals surface area contributed by atoms with Gasteiger partial charge in [0.15, 0.2) is 11.5 Å². The Labute approximate surface area is 94.7 Å². The molecule has 1 aromatic carbocycles. The number of rotatable bonds is 2. The molecule has 1 aliphatic carbocycles. The number of hydrogen-bond acceptors (Lipinski definition) is 4. The Kier molecular flexibility index (Phi) is 2.09. The zero-order valence-corrected chi connectivity index (χ0v) is 9.32. The maximum Gasteiger partial charge on any atom is 0.163 e. The van der Waals surface area contributed by atoms with Gasteiger partial charge in [0, 0.05) is 18.2 Å². The summed E-state index contributed by atoms with van der Waals surface area (Å²) in [5, 5.41) is 3.42. The summed E-state index contributed by atoms with van der Waals surface area (Å²) in [4.78, 5) is 0. The van der Waals surface area contributed by atoms with Crippen LogP contribution >= 0.6 is 0 Å². The molecule has 0 radical (unpaired) electrons. The molecular weight excluding hydrogens is 204 g/mol. The van der Waals surface area contributed by atoms with Gasteiger partial charge in [0.05, 0.1) is 11.4 Å². The first-order chi connectivity index (χ1) is 7.74. The van der Waals surface area contributed by atoms with Crippen molar-refractivity contribution < 1.29 is 9.47 Å². The molecule has 0 spiro atoms.